The summed E-state index contributed by atoms with van der Waals surface area (Å²) in [5.74, 6) is 0.0440. The van der Waals surface area contributed by atoms with Crippen molar-refractivity contribution in [3.05, 3.63) is 35.9 Å². The van der Waals surface area contributed by atoms with Gasteiger partial charge < -0.3 is 9.16 Å². The van der Waals surface area contributed by atoms with E-state index in [4.69, 9.17) is 9.16 Å². The monoisotopic (exact) mass is 348 g/mol. The van der Waals surface area contributed by atoms with Crippen LogP contribution in [0.25, 0.3) is 0 Å². The molecule has 0 saturated heterocycles. The highest BCUT2D eigenvalue weighted by Gasteiger charge is 2.52. The van der Waals surface area contributed by atoms with Crippen LogP contribution in [0.1, 0.15) is 52.0 Å². The minimum Gasteiger partial charge on any atom is -0.469 e. The molecule has 2 rings (SSSR count). The average molecular weight is 349 g/mol. The highest BCUT2D eigenvalue weighted by molar-refractivity contribution is 6.74. The Morgan fingerprint density at radius 1 is 1.25 bits per heavy atom. The number of carbonyl (C=O) groups is 1. The predicted molar refractivity (Wildman–Crippen MR) is 100 cm³/mol. The van der Waals surface area contributed by atoms with E-state index in [9.17, 15) is 4.79 Å². The maximum atomic E-state index is 12.0. The summed E-state index contributed by atoms with van der Waals surface area (Å²) in [5.41, 5.74) is 0.847. The molecule has 0 spiro atoms. The van der Waals surface area contributed by atoms with E-state index in [0.29, 0.717) is 6.42 Å². The molecule has 0 heterocycles. The fourth-order valence-corrected chi connectivity index (χ4v) is 5.11. The Kier molecular flexibility index (Phi) is 5.60. The maximum Gasteiger partial charge on any atom is 0.305 e. The zero-order valence-corrected chi connectivity index (χ0v) is 17.0. The average Bonchev–Trinajstić information content (AvgIpc) is 2.90. The van der Waals surface area contributed by atoms with Gasteiger partial charge >= 0.3 is 5.97 Å². The zero-order chi connectivity index (χ0) is 18.0. The van der Waals surface area contributed by atoms with E-state index in [1.165, 1.54) is 12.7 Å². The van der Waals surface area contributed by atoms with E-state index in [0.717, 1.165) is 19.3 Å². The molecule has 1 saturated carbocycles. The summed E-state index contributed by atoms with van der Waals surface area (Å²) >= 11 is 0. The van der Waals surface area contributed by atoms with Crippen molar-refractivity contribution in [2.45, 2.75) is 70.2 Å². The van der Waals surface area contributed by atoms with Crippen LogP contribution in [0.4, 0.5) is 0 Å². The van der Waals surface area contributed by atoms with Crippen LogP contribution in [0, 0.1) is 5.92 Å². The van der Waals surface area contributed by atoms with E-state index in [2.05, 4.69) is 58.1 Å². The lowest BCUT2D eigenvalue weighted by molar-refractivity contribution is -0.143. The summed E-state index contributed by atoms with van der Waals surface area (Å²) in [7, 11) is -0.512. The Labute approximate surface area is 147 Å². The van der Waals surface area contributed by atoms with E-state index in [1.807, 2.05) is 6.07 Å². The smallest absolute Gasteiger partial charge is 0.305 e. The first-order valence-corrected chi connectivity index (χ1v) is 11.9. The van der Waals surface area contributed by atoms with Crippen LogP contribution >= 0.6 is 0 Å². The lowest BCUT2D eigenvalue weighted by Gasteiger charge is -2.47. The first-order valence-electron chi connectivity index (χ1n) is 8.95. The van der Waals surface area contributed by atoms with Crippen molar-refractivity contribution in [3.8, 4) is 0 Å². The Hall–Kier alpha value is -1.13. The van der Waals surface area contributed by atoms with Gasteiger partial charge in [0, 0.05) is 5.92 Å². The lowest BCUT2D eigenvalue weighted by Crippen LogP contribution is -2.50. The van der Waals surface area contributed by atoms with Crippen LogP contribution in [-0.2, 0) is 19.6 Å². The Bertz CT molecular complexity index is 562. The molecule has 24 heavy (non-hydrogen) atoms. The van der Waals surface area contributed by atoms with Crippen molar-refractivity contribution in [2.75, 3.05) is 7.11 Å². The number of benzene rings is 1. The molecule has 1 aromatic carbocycles. The predicted octanol–water partition coefficient (Wildman–Crippen LogP) is 5.27. The second-order valence-corrected chi connectivity index (χ2v) is 13.2. The molecule has 1 fully saturated rings. The first-order chi connectivity index (χ1) is 11.1. The van der Waals surface area contributed by atoms with Gasteiger partial charge in [-0.3, -0.25) is 4.79 Å². The highest BCUT2D eigenvalue weighted by Crippen LogP contribution is 2.52. The Morgan fingerprint density at radius 3 is 2.42 bits per heavy atom. The van der Waals surface area contributed by atoms with Gasteiger partial charge in [-0.1, -0.05) is 51.1 Å². The molecule has 1 aliphatic rings. The van der Waals surface area contributed by atoms with Gasteiger partial charge in [0.15, 0.2) is 8.32 Å². The van der Waals surface area contributed by atoms with Crippen molar-refractivity contribution in [1.82, 2.24) is 0 Å². The summed E-state index contributed by atoms with van der Waals surface area (Å²) in [6.45, 7) is 11.4. The van der Waals surface area contributed by atoms with Gasteiger partial charge in [-0.15, -0.1) is 0 Å². The number of esters is 1. The highest BCUT2D eigenvalue weighted by atomic mass is 28.4. The van der Waals surface area contributed by atoms with Crippen LogP contribution in [0.5, 0.6) is 0 Å². The molecule has 0 aliphatic heterocycles. The van der Waals surface area contributed by atoms with Crippen molar-refractivity contribution in [2.24, 2.45) is 5.92 Å². The van der Waals surface area contributed by atoms with Gasteiger partial charge in [-0.25, -0.2) is 0 Å². The molecule has 4 heteroatoms. The number of carbonyl (C=O) groups excluding carboxylic acids is 1. The van der Waals surface area contributed by atoms with E-state index < -0.39 is 8.32 Å². The quantitative estimate of drug-likeness (QED) is 0.537. The molecule has 0 unspecified atom stereocenters. The van der Waals surface area contributed by atoms with Crippen LogP contribution in [0.2, 0.25) is 18.1 Å². The molecule has 1 aromatic rings. The van der Waals surface area contributed by atoms with E-state index in [-0.39, 0.29) is 22.5 Å². The number of ether oxygens (including phenoxy) is 1. The maximum absolute atomic E-state index is 12.0. The minimum atomic E-state index is -1.98. The van der Waals surface area contributed by atoms with Crippen LogP contribution in [0.15, 0.2) is 30.3 Å². The summed E-state index contributed by atoms with van der Waals surface area (Å²) < 4.78 is 12.0. The second-order valence-electron chi connectivity index (χ2n) is 8.49. The second kappa shape index (κ2) is 7.01. The lowest BCUT2D eigenvalue weighted by atomic mass is 9.82. The summed E-state index contributed by atoms with van der Waals surface area (Å²) in [5, 5.41) is 0.132. The third-order valence-corrected chi connectivity index (χ3v) is 10.4. The standard InChI is InChI=1S/C20H32O3Si/c1-19(2,3)24(5,6)23-20(16-11-8-7-9-12-16)14-10-13-17(20)15-18(21)22-4/h7-9,11-12,17H,10,13-15H2,1-6H3/t17-,20+/m1/s1. The molecule has 1 aliphatic carbocycles. The summed E-state index contributed by atoms with van der Waals surface area (Å²) in [6, 6.07) is 10.5. The van der Waals surface area contributed by atoms with E-state index in [1.54, 1.807) is 0 Å². The number of hydrogen-bond acceptors (Lipinski definition) is 3. The van der Waals surface area contributed by atoms with Crippen molar-refractivity contribution in [1.29, 1.82) is 0 Å². The fourth-order valence-electron chi connectivity index (χ4n) is 3.50. The Balaban J connectivity index is 2.45. The van der Waals surface area contributed by atoms with Gasteiger partial charge in [-0.05, 0) is 43.0 Å². The fraction of sp³-hybridized carbons (Fsp3) is 0.650. The molecule has 0 radical (unpaired) electrons. The molecular formula is C20H32O3Si. The van der Waals surface area contributed by atoms with E-state index >= 15 is 0 Å². The summed E-state index contributed by atoms with van der Waals surface area (Å²) in [4.78, 5) is 12.0. The molecule has 2 atom stereocenters. The SMILES string of the molecule is COC(=O)C[C@H]1CCC[C@]1(O[Si](C)(C)C(C)(C)C)c1ccccc1. The van der Waals surface area contributed by atoms with Gasteiger partial charge in [0.1, 0.15) is 0 Å². The van der Waals surface area contributed by atoms with Crippen molar-refractivity contribution < 1.29 is 14.0 Å². The van der Waals surface area contributed by atoms with Gasteiger partial charge in [-0.2, -0.15) is 0 Å². The minimum absolute atomic E-state index is 0.132. The zero-order valence-electron chi connectivity index (χ0n) is 16.0. The van der Waals surface area contributed by atoms with Crippen LogP contribution < -0.4 is 0 Å². The van der Waals surface area contributed by atoms with Crippen molar-refractivity contribution >= 4 is 14.3 Å². The summed E-state index contributed by atoms with van der Waals surface area (Å²) in [6.07, 6.45) is 3.51. The molecule has 134 valence electrons. The molecule has 0 aromatic heterocycles. The topological polar surface area (TPSA) is 35.5 Å². The van der Waals surface area contributed by atoms with Crippen LogP contribution in [0.3, 0.4) is 0 Å². The number of methoxy groups -OCH3 is 1. The third kappa shape index (κ3) is 3.75. The molecular weight excluding hydrogens is 316 g/mol. The van der Waals surface area contributed by atoms with Gasteiger partial charge in [0.2, 0.25) is 0 Å². The number of rotatable bonds is 5. The molecule has 0 N–H and O–H groups in total. The van der Waals surface area contributed by atoms with Gasteiger partial charge in [0.05, 0.1) is 19.1 Å². The third-order valence-electron chi connectivity index (χ3n) is 5.91. The molecule has 0 amide bonds. The number of hydrogen-bond donors (Lipinski definition) is 0. The molecule has 3 nitrogen and oxygen atoms in total. The molecule has 0 bridgehead atoms. The largest absolute Gasteiger partial charge is 0.469 e. The first kappa shape index (κ1) is 19.2. The normalized spacial score (nSPS) is 24.8. The van der Waals surface area contributed by atoms with Crippen LogP contribution in [-0.4, -0.2) is 21.4 Å². The Morgan fingerprint density at radius 2 is 1.88 bits per heavy atom. The van der Waals surface area contributed by atoms with Crippen molar-refractivity contribution in [3.63, 3.8) is 0 Å². The van der Waals surface area contributed by atoms with Gasteiger partial charge in [0.25, 0.3) is 0 Å².